The van der Waals surface area contributed by atoms with Gasteiger partial charge in [-0.25, -0.2) is 0 Å². The second-order valence-corrected chi connectivity index (χ2v) is 4.75. The summed E-state index contributed by atoms with van der Waals surface area (Å²) in [4.78, 5) is 22.2. The molecule has 1 amide bonds. The van der Waals surface area contributed by atoms with Gasteiger partial charge in [0.1, 0.15) is 0 Å². The van der Waals surface area contributed by atoms with Crippen LogP contribution in [0.4, 0.5) is 5.69 Å². The minimum absolute atomic E-state index is 0. The van der Waals surface area contributed by atoms with Crippen LogP contribution < -0.4 is 15.8 Å². The molecule has 0 fully saturated rings. The van der Waals surface area contributed by atoms with Gasteiger partial charge in [0.2, 0.25) is 0 Å². The van der Waals surface area contributed by atoms with Crippen LogP contribution in [0.2, 0.25) is 0 Å². The van der Waals surface area contributed by atoms with E-state index in [1.54, 1.807) is 12.1 Å². The fourth-order valence-corrected chi connectivity index (χ4v) is 1.97. The number of nitro benzene ring substituents is 1. The molecule has 7 nitrogen and oxygen atoms in total. The Morgan fingerprint density at radius 1 is 1.36 bits per heavy atom. The first kappa shape index (κ1) is 20.1. The van der Waals surface area contributed by atoms with Crippen molar-refractivity contribution < 1.29 is 14.5 Å². The first-order valence-electron chi connectivity index (χ1n) is 6.85. The van der Waals surface area contributed by atoms with Gasteiger partial charge in [-0.3, -0.25) is 14.9 Å². The van der Waals surface area contributed by atoms with Crippen molar-refractivity contribution in [2.75, 3.05) is 13.2 Å². The van der Waals surface area contributed by atoms with E-state index in [2.05, 4.69) is 5.32 Å². The molecule has 0 saturated carbocycles. The number of rotatable bonds is 8. The molecule has 0 aliphatic rings. The van der Waals surface area contributed by atoms with Crippen LogP contribution in [0, 0.1) is 10.1 Å². The number of hydrogen-bond donors (Lipinski definition) is 2. The first-order valence-corrected chi connectivity index (χ1v) is 6.85. The van der Waals surface area contributed by atoms with Gasteiger partial charge in [-0.05, 0) is 18.9 Å². The Balaban J connectivity index is 0.00000441. The predicted molar refractivity (Wildman–Crippen MR) is 86.3 cm³/mol. The number of amides is 1. The summed E-state index contributed by atoms with van der Waals surface area (Å²) in [5.74, 6) is -0.272. The van der Waals surface area contributed by atoms with Gasteiger partial charge in [0.25, 0.3) is 5.91 Å². The van der Waals surface area contributed by atoms with Crippen LogP contribution in [0.15, 0.2) is 24.3 Å². The third-order valence-corrected chi connectivity index (χ3v) is 3.57. The number of nitrogens with zero attached hydrogens (tertiary/aromatic N) is 1. The maximum absolute atomic E-state index is 11.9. The quantitative estimate of drug-likeness (QED) is 0.559. The fraction of sp³-hybridized carbons (Fsp3) is 0.500. The summed E-state index contributed by atoms with van der Waals surface area (Å²) >= 11 is 0. The molecule has 0 aliphatic heterocycles. The molecular formula is C14H22ClN3O4. The summed E-state index contributed by atoms with van der Waals surface area (Å²) in [5.41, 5.74) is 5.08. The molecule has 1 aromatic rings. The van der Waals surface area contributed by atoms with Crippen molar-refractivity contribution in [1.29, 1.82) is 0 Å². The number of carbonyl (C=O) groups excluding carboxylic acids is 1. The Bertz CT molecular complexity index is 498. The van der Waals surface area contributed by atoms with Crippen molar-refractivity contribution in [3.63, 3.8) is 0 Å². The molecule has 0 radical (unpaired) electrons. The van der Waals surface area contributed by atoms with E-state index in [1.807, 2.05) is 13.8 Å². The van der Waals surface area contributed by atoms with E-state index < -0.39 is 10.5 Å². The van der Waals surface area contributed by atoms with Crippen LogP contribution in [0.1, 0.15) is 26.7 Å². The van der Waals surface area contributed by atoms with E-state index in [0.29, 0.717) is 19.4 Å². The molecule has 0 aliphatic carbocycles. The summed E-state index contributed by atoms with van der Waals surface area (Å²) < 4.78 is 5.25. The van der Waals surface area contributed by atoms with Gasteiger partial charge in [0, 0.05) is 12.6 Å². The number of nitrogens with one attached hydrogen (secondary N) is 1. The highest BCUT2D eigenvalue weighted by molar-refractivity contribution is 5.85. The largest absolute Gasteiger partial charge is 0.477 e. The van der Waals surface area contributed by atoms with E-state index in [9.17, 15) is 14.9 Å². The Kier molecular flexibility index (Phi) is 8.44. The lowest BCUT2D eigenvalue weighted by atomic mass is 9.93. The second kappa shape index (κ2) is 9.22. The molecule has 3 N–H and O–H groups in total. The highest BCUT2D eigenvalue weighted by Gasteiger charge is 2.26. The molecule has 124 valence electrons. The number of carbonyl (C=O) groups is 1. The lowest BCUT2D eigenvalue weighted by molar-refractivity contribution is -0.385. The topological polar surface area (TPSA) is 107 Å². The van der Waals surface area contributed by atoms with Crippen LogP contribution in [0.3, 0.4) is 0 Å². The first-order chi connectivity index (χ1) is 9.98. The normalized spacial score (nSPS) is 10.5. The SMILES string of the molecule is CCC(CC)(CN)NC(=O)COc1ccccc1[N+](=O)[O-].Cl. The van der Waals surface area contributed by atoms with Gasteiger partial charge >= 0.3 is 5.69 Å². The van der Waals surface area contributed by atoms with Gasteiger partial charge in [-0.15, -0.1) is 12.4 Å². The van der Waals surface area contributed by atoms with Gasteiger partial charge in [0.15, 0.2) is 12.4 Å². The molecular weight excluding hydrogens is 310 g/mol. The number of ether oxygens (including phenoxy) is 1. The summed E-state index contributed by atoms with van der Waals surface area (Å²) in [6.07, 6.45) is 1.41. The molecule has 0 spiro atoms. The lowest BCUT2D eigenvalue weighted by Gasteiger charge is -2.31. The van der Waals surface area contributed by atoms with Crippen LogP contribution in [0.25, 0.3) is 0 Å². The molecule has 1 aromatic carbocycles. The van der Waals surface area contributed by atoms with Crippen molar-refractivity contribution in [2.24, 2.45) is 5.73 Å². The Morgan fingerprint density at radius 3 is 2.45 bits per heavy atom. The third kappa shape index (κ3) is 5.16. The fourth-order valence-electron chi connectivity index (χ4n) is 1.97. The number of halogens is 1. The summed E-state index contributed by atoms with van der Waals surface area (Å²) in [5, 5.41) is 13.7. The second-order valence-electron chi connectivity index (χ2n) is 4.75. The van der Waals surface area contributed by atoms with E-state index in [-0.39, 0.29) is 36.4 Å². The molecule has 0 unspecified atom stereocenters. The Labute approximate surface area is 135 Å². The van der Waals surface area contributed by atoms with Crippen molar-refractivity contribution in [2.45, 2.75) is 32.2 Å². The zero-order valence-corrected chi connectivity index (χ0v) is 13.5. The van der Waals surface area contributed by atoms with E-state index >= 15 is 0 Å². The molecule has 0 atom stereocenters. The zero-order chi connectivity index (χ0) is 15.9. The number of para-hydroxylation sites is 2. The minimum atomic E-state index is -0.546. The Hall–Kier alpha value is -1.86. The predicted octanol–water partition coefficient (Wildman–Crippen LogP) is 2.03. The van der Waals surface area contributed by atoms with E-state index in [0.717, 1.165) is 0 Å². The number of hydrogen-bond acceptors (Lipinski definition) is 5. The van der Waals surface area contributed by atoms with E-state index in [1.165, 1.54) is 12.1 Å². The molecule has 0 aromatic heterocycles. The van der Waals surface area contributed by atoms with Gasteiger partial charge < -0.3 is 15.8 Å². The average Bonchev–Trinajstić information content (AvgIpc) is 2.51. The summed E-state index contributed by atoms with van der Waals surface area (Å²) in [6.45, 7) is 3.93. The van der Waals surface area contributed by atoms with E-state index in [4.69, 9.17) is 10.5 Å². The highest BCUT2D eigenvalue weighted by atomic mass is 35.5. The van der Waals surface area contributed by atoms with Gasteiger partial charge in [-0.1, -0.05) is 26.0 Å². The van der Waals surface area contributed by atoms with Crippen molar-refractivity contribution in [1.82, 2.24) is 5.32 Å². The average molecular weight is 332 g/mol. The number of nitro groups is 1. The molecule has 0 bridgehead atoms. The molecule has 0 heterocycles. The maximum atomic E-state index is 11.9. The van der Waals surface area contributed by atoms with Crippen LogP contribution in [-0.4, -0.2) is 29.5 Å². The molecule has 1 rings (SSSR count). The molecule has 8 heteroatoms. The minimum Gasteiger partial charge on any atom is -0.477 e. The zero-order valence-electron chi connectivity index (χ0n) is 12.7. The Morgan fingerprint density at radius 2 is 1.95 bits per heavy atom. The van der Waals surface area contributed by atoms with Crippen molar-refractivity contribution in [3.8, 4) is 5.75 Å². The number of nitrogens with two attached hydrogens (primary N) is 1. The van der Waals surface area contributed by atoms with Crippen LogP contribution in [0.5, 0.6) is 5.75 Å². The number of benzene rings is 1. The van der Waals surface area contributed by atoms with Crippen molar-refractivity contribution in [3.05, 3.63) is 34.4 Å². The molecule has 0 saturated heterocycles. The maximum Gasteiger partial charge on any atom is 0.310 e. The van der Waals surface area contributed by atoms with Gasteiger partial charge in [-0.2, -0.15) is 0 Å². The monoisotopic (exact) mass is 331 g/mol. The van der Waals surface area contributed by atoms with Crippen molar-refractivity contribution >= 4 is 24.0 Å². The highest BCUT2D eigenvalue weighted by Crippen LogP contribution is 2.25. The lowest BCUT2D eigenvalue weighted by Crippen LogP contribution is -2.54. The van der Waals surface area contributed by atoms with Gasteiger partial charge in [0.05, 0.1) is 10.5 Å². The third-order valence-electron chi connectivity index (χ3n) is 3.57. The van der Waals surface area contributed by atoms with Crippen LogP contribution in [-0.2, 0) is 4.79 Å². The molecule has 22 heavy (non-hydrogen) atoms. The standard InChI is InChI=1S/C14H21N3O4.ClH/c1-3-14(4-2,10-15)16-13(18)9-21-12-8-6-5-7-11(12)17(19)20;/h5-8H,3-4,9-10,15H2,1-2H3,(H,16,18);1H. The summed E-state index contributed by atoms with van der Waals surface area (Å²) in [7, 11) is 0. The smallest absolute Gasteiger partial charge is 0.310 e. The van der Waals surface area contributed by atoms with Crippen LogP contribution >= 0.6 is 12.4 Å². The summed E-state index contributed by atoms with van der Waals surface area (Å²) in [6, 6.07) is 5.94.